The van der Waals surface area contributed by atoms with Gasteiger partial charge in [0.2, 0.25) is 10.0 Å². The summed E-state index contributed by atoms with van der Waals surface area (Å²) in [6.45, 7) is 3.75. The molecule has 112 valence electrons. The fourth-order valence-electron chi connectivity index (χ4n) is 2.30. The lowest BCUT2D eigenvalue weighted by Gasteiger charge is -2.30. The summed E-state index contributed by atoms with van der Waals surface area (Å²) in [7, 11) is -3.46. The Morgan fingerprint density at radius 2 is 2.10 bits per heavy atom. The number of hydrogen-bond acceptors (Lipinski definition) is 5. The number of hydrogen-bond donors (Lipinski definition) is 2. The molecule has 0 aromatic carbocycles. The maximum atomic E-state index is 12.5. The van der Waals surface area contributed by atoms with Crippen LogP contribution in [0.5, 0.6) is 0 Å². The molecule has 2 N–H and O–H groups in total. The zero-order valence-corrected chi connectivity index (χ0v) is 12.4. The summed E-state index contributed by atoms with van der Waals surface area (Å²) < 4.78 is 26.4. The fraction of sp³-hybridized carbons (Fsp3) is 0.615. The molecule has 0 spiro atoms. The highest BCUT2D eigenvalue weighted by Gasteiger charge is 2.29. The van der Waals surface area contributed by atoms with Gasteiger partial charge < -0.3 is 10.4 Å². The van der Waals surface area contributed by atoms with Crippen molar-refractivity contribution in [3.63, 3.8) is 0 Å². The molecule has 1 fully saturated rings. The van der Waals surface area contributed by atoms with E-state index in [4.69, 9.17) is 5.11 Å². The van der Waals surface area contributed by atoms with Crippen LogP contribution in [-0.4, -0.2) is 49.1 Å². The maximum Gasteiger partial charge on any atom is 0.244 e. The first-order valence-corrected chi connectivity index (χ1v) is 8.33. The fourth-order valence-corrected chi connectivity index (χ4v) is 3.72. The molecule has 1 saturated heterocycles. The van der Waals surface area contributed by atoms with E-state index < -0.39 is 10.0 Å². The van der Waals surface area contributed by atoms with Crippen LogP contribution in [0.15, 0.2) is 23.2 Å². The maximum absolute atomic E-state index is 12.5. The molecule has 1 aromatic rings. The number of aromatic nitrogens is 1. The number of rotatable bonds is 5. The average molecular weight is 299 g/mol. The Labute approximate surface area is 119 Å². The molecule has 2 rings (SSSR count). The van der Waals surface area contributed by atoms with Crippen LogP contribution in [0.2, 0.25) is 0 Å². The second-order valence-corrected chi connectivity index (χ2v) is 6.88. The van der Waals surface area contributed by atoms with Gasteiger partial charge in [-0.25, -0.2) is 13.4 Å². The molecular formula is C13H21N3O3S. The second kappa shape index (κ2) is 6.51. The minimum absolute atomic E-state index is 0.132. The third-order valence-electron chi connectivity index (χ3n) is 3.56. The topological polar surface area (TPSA) is 82.5 Å². The van der Waals surface area contributed by atoms with E-state index in [9.17, 15) is 8.42 Å². The second-order valence-electron chi connectivity index (χ2n) is 4.94. The molecule has 0 atom stereocenters. The number of nitrogens with one attached hydrogen (secondary N) is 1. The summed E-state index contributed by atoms with van der Waals surface area (Å²) in [4.78, 5) is 4.33. The number of sulfonamides is 1. The van der Waals surface area contributed by atoms with Crippen LogP contribution in [0.25, 0.3) is 0 Å². The summed E-state index contributed by atoms with van der Waals surface area (Å²) in [5.41, 5.74) is 0. The van der Waals surface area contributed by atoms with Crippen molar-refractivity contribution in [3.05, 3.63) is 18.3 Å². The quantitative estimate of drug-likeness (QED) is 0.844. The van der Waals surface area contributed by atoms with Gasteiger partial charge in [0.05, 0.1) is 0 Å². The van der Waals surface area contributed by atoms with Gasteiger partial charge in [0, 0.05) is 32.4 Å². The van der Waals surface area contributed by atoms with Crippen LogP contribution < -0.4 is 5.32 Å². The van der Waals surface area contributed by atoms with Crippen LogP contribution >= 0.6 is 0 Å². The van der Waals surface area contributed by atoms with Crippen molar-refractivity contribution in [2.45, 2.75) is 24.7 Å². The first kappa shape index (κ1) is 15.2. The van der Waals surface area contributed by atoms with Crippen molar-refractivity contribution in [3.8, 4) is 0 Å². The lowest BCUT2D eigenvalue weighted by Crippen LogP contribution is -2.39. The van der Waals surface area contributed by atoms with Gasteiger partial charge in [-0.3, -0.25) is 0 Å². The van der Waals surface area contributed by atoms with Gasteiger partial charge in [0.25, 0.3) is 0 Å². The van der Waals surface area contributed by atoms with Crippen molar-refractivity contribution in [2.24, 2.45) is 5.92 Å². The van der Waals surface area contributed by atoms with Crippen LogP contribution in [-0.2, 0) is 10.0 Å². The minimum atomic E-state index is -3.46. The number of aliphatic hydroxyl groups excluding tert-OH is 1. The van der Waals surface area contributed by atoms with Crippen LogP contribution in [0.1, 0.15) is 19.8 Å². The normalized spacial score (nSPS) is 18.1. The van der Waals surface area contributed by atoms with Crippen molar-refractivity contribution in [1.82, 2.24) is 9.29 Å². The highest BCUT2D eigenvalue weighted by Crippen LogP contribution is 2.23. The molecule has 1 aliphatic heterocycles. The molecule has 6 nitrogen and oxygen atoms in total. The van der Waals surface area contributed by atoms with Gasteiger partial charge >= 0.3 is 0 Å². The Hall–Kier alpha value is -1.18. The molecule has 0 unspecified atom stereocenters. The first-order chi connectivity index (χ1) is 9.57. The van der Waals surface area contributed by atoms with Crippen LogP contribution in [0.4, 0.5) is 5.82 Å². The molecule has 0 aliphatic carbocycles. The Bertz CT molecular complexity index is 522. The van der Waals surface area contributed by atoms with E-state index in [-0.39, 0.29) is 17.4 Å². The molecule has 0 amide bonds. The Balaban J connectivity index is 2.10. The van der Waals surface area contributed by atoms with Gasteiger partial charge in [-0.1, -0.05) is 0 Å². The summed E-state index contributed by atoms with van der Waals surface area (Å²) in [6, 6.07) is 3.26. The lowest BCUT2D eigenvalue weighted by atomic mass is 10.00. The van der Waals surface area contributed by atoms with E-state index in [2.05, 4.69) is 10.3 Å². The third-order valence-corrected chi connectivity index (χ3v) is 5.45. The molecule has 20 heavy (non-hydrogen) atoms. The van der Waals surface area contributed by atoms with Crippen LogP contribution in [0.3, 0.4) is 0 Å². The van der Waals surface area contributed by atoms with E-state index in [1.165, 1.54) is 10.5 Å². The number of piperidine rings is 1. The number of pyridine rings is 1. The van der Waals surface area contributed by atoms with E-state index in [0.717, 1.165) is 6.54 Å². The van der Waals surface area contributed by atoms with Crippen molar-refractivity contribution in [1.29, 1.82) is 0 Å². The van der Waals surface area contributed by atoms with Gasteiger partial charge in [-0.05, 0) is 37.8 Å². The summed E-state index contributed by atoms with van der Waals surface area (Å²) in [6.07, 6.45) is 2.81. The van der Waals surface area contributed by atoms with Crippen LogP contribution in [0, 0.1) is 5.92 Å². The molecule has 0 bridgehead atoms. The molecule has 0 radical (unpaired) electrons. The van der Waals surface area contributed by atoms with Crippen molar-refractivity contribution < 1.29 is 13.5 Å². The number of anilines is 1. The summed E-state index contributed by atoms with van der Waals surface area (Å²) >= 11 is 0. The minimum Gasteiger partial charge on any atom is -0.396 e. The van der Waals surface area contributed by atoms with E-state index in [0.29, 0.717) is 31.7 Å². The highest BCUT2D eigenvalue weighted by molar-refractivity contribution is 7.89. The van der Waals surface area contributed by atoms with Crippen molar-refractivity contribution in [2.75, 3.05) is 31.6 Å². The van der Waals surface area contributed by atoms with Gasteiger partial charge in [0.15, 0.2) is 0 Å². The van der Waals surface area contributed by atoms with Crippen molar-refractivity contribution >= 4 is 15.8 Å². The number of aliphatic hydroxyl groups is 1. The predicted molar refractivity (Wildman–Crippen MR) is 77.0 cm³/mol. The summed E-state index contributed by atoms with van der Waals surface area (Å²) in [5.74, 6) is 0.890. The summed E-state index contributed by atoms with van der Waals surface area (Å²) in [5, 5.41) is 12.1. The van der Waals surface area contributed by atoms with E-state index in [1.807, 2.05) is 6.92 Å². The molecular weight excluding hydrogens is 278 g/mol. The molecule has 7 heteroatoms. The Kier molecular flexibility index (Phi) is 4.95. The Morgan fingerprint density at radius 3 is 2.60 bits per heavy atom. The largest absolute Gasteiger partial charge is 0.396 e. The molecule has 1 aliphatic rings. The van der Waals surface area contributed by atoms with E-state index >= 15 is 0 Å². The monoisotopic (exact) mass is 299 g/mol. The number of nitrogens with zero attached hydrogens (tertiary/aromatic N) is 2. The lowest BCUT2D eigenvalue weighted by molar-refractivity contribution is 0.170. The van der Waals surface area contributed by atoms with E-state index in [1.54, 1.807) is 12.1 Å². The average Bonchev–Trinajstić information content (AvgIpc) is 2.48. The Morgan fingerprint density at radius 1 is 1.40 bits per heavy atom. The van der Waals surface area contributed by atoms with Gasteiger partial charge in [0.1, 0.15) is 10.7 Å². The first-order valence-electron chi connectivity index (χ1n) is 6.89. The standard InChI is InChI=1S/C13H21N3O3S/c1-2-14-13-4-3-12(9-15-13)20(18,19)16-7-5-11(10-17)6-8-16/h3-4,9,11,17H,2,5-8,10H2,1H3,(H,14,15). The molecule has 1 aromatic heterocycles. The zero-order chi connectivity index (χ0) is 14.6. The van der Waals surface area contributed by atoms with Gasteiger partial charge in [-0.15, -0.1) is 0 Å². The zero-order valence-electron chi connectivity index (χ0n) is 11.6. The smallest absolute Gasteiger partial charge is 0.244 e. The SMILES string of the molecule is CCNc1ccc(S(=O)(=O)N2CCC(CO)CC2)cn1. The highest BCUT2D eigenvalue weighted by atomic mass is 32.2. The van der Waals surface area contributed by atoms with Gasteiger partial charge in [-0.2, -0.15) is 4.31 Å². The molecule has 2 heterocycles. The predicted octanol–water partition coefficient (Wildman–Crippen LogP) is 0.906. The molecule has 0 saturated carbocycles. The third kappa shape index (κ3) is 3.28.